The van der Waals surface area contributed by atoms with E-state index in [1.807, 2.05) is 19.1 Å². The molecule has 27 heavy (non-hydrogen) atoms. The molecule has 0 spiro atoms. The Morgan fingerprint density at radius 3 is 2.59 bits per heavy atom. The van der Waals surface area contributed by atoms with Crippen molar-refractivity contribution < 1.29 is 13.2 Å². The van der Waals surface area contributed by atoms with Crippen LogP contribution >= 0.6 is 0 Å². The summed E-state index contributed by atoms with van der Waals surface area (Å²) in [4.78, 5) is 12.7. The lowest BCUT2D eigenvalue weighted by Gasteiger charge is -2.30. The van der Waals surface area contributed by atoms with Crippen molar-refractivity contribution in [3.63, 3.8) is 0 Å². The predicted molar refractivity (Wildman–Crippen MR) is 106 cm³/mol. The smallest absolute Gasteiger partial charge is 0.261 e. The van der Waals surface area contributed by atoms with E-state index in [-0.39, 0.29) is 16.8 Å². The van der Waals surface area contributed by atoms with E-state index in [1.165, 1.54) is 12.1 Å². The molecular formula is C20H25N3O3S. The molecule has 2 aromatic rings. The van der Waals surface area contributed by atoms with Crippen LogP contribution in [-0.2, 0) is 10.0 Å². The van der Waals surface area contributed by atoms with E-state index in [9.17, 15) is 13.2 Å². The lowest BCUT2D eigenvalue weighted by Crippen LogP contribution is -2.48. The van der Waals surface area contributed by atoms with Crippen molar-refractivity contribution in [1.29, 1.82) is 0 Å². The molecule has 2 unspecified atom stereocenters. The second kappa shape index (κ2) is 8.10. The molecule has 0 radical (unpaired) electrons. The number of carbonyl (C=O) groups is 1. The van der Waals surface area contributed by atoms with E-state index in [0.29, 0.717) is 17.2 Å². The number of aryl methyl sites for hydroxylation is 1. The van der Waals surface area contributed by atoms with Crippen molar-refractivity contribution in [1.82, 2.24) is 10.6 Å². The summed E-state index contributed by atoms with van der Waals surface area (Å²) in [6.07, 6.45) is 0.861. The first kappa shape index (κ1) is 19.4. The SMILES string of the molecule is Cc1ccc(NS(=O)(=O)c2cccc(C(=O)NC3CCNCC3C)c2)cc1. The van der Waals surface area contributed by atoms with Crippen molar-refractivity contribution in [2.75, 3.05) is 17.8 Å². The fourth-order valence-corrected chi connectivity index (χ4v) is 4.22. The monoisotopic (exact) mass is 387 g/mol. The molecule has 1 saturated heterocycles. The van der Waals surface area contributed by atoms with Gasteiger partial charge in [-0.2, -0.15) is 0 Å². The number of nitrogens with one attached hydrogen (secondary N) is 3. The second-order valence-electron chi connectivity index (χ2n) is 7.05. The number of hydrogen-bond donors (Lipinski definition) is 3. The van der Waals surface area contributed by atoms with Gasteiger partial charge >= 0.3 is 0 Å². The van der Waals surface area contributed by atoms with Gasteiger partial charge in [0.25, 0.3) is 15.9 Å². The Morgan fingerprint density at radius 1 is 1.15 bits per heavy atom. The average Bonchev–Trinajstić information content (AvgIpc) is 2.65. The summed E-state index contributed by atoms with van der Waals surface area (Å²) in [5.41, 5.74) is 1.87. The highest BCUT2D eigenvalue weighted by molar-refractivity contribution is 7.92. The number of sulfonamides is 1. The number of anilines is 1. The van der Waals surface area contributed by atoms with Crippen LogP contribution in [0, 0.1) is 12.8 Å². The molecule has 0 aromatic heterocycles. The standard InChI is InChI=1S/C20H25N3O3S/c1-14-6-8-17(9-7-14)23-27(25,26)18-5-3-4-16(12-18)20(24)22-19-10-11-21-13-15(19)2/h3-9,12,15,19,21,23H,10-11,13H2,1-2H3,(H,22,24). The molecule has 2 aromatic carbocycles. The Kier molecular flexibility index (Phi) is 5.82. The molecule has 1 heterocycles. The summed E-state index contributed by atoms with van der Waals surface area (Å²) in [5.74, 6) is 0.0824. The summed E-state index contributed by atoms with van der Waals surface area (Å²) >= 11 is 0. The van der Waals surface area contributed by atoms with Crippen molar-refractivity contribution in [3.8, 4) is 0 Å². The van der Waals surface area contributed by atoms with Gasteiger partial charge in [-0.1, -0.05) is 30.7 Å². The van der Waals surface area contributed by atoms with Crippen molar-refractivity contribution in [2.45, 2.75) is 31.2 Å². The van der Waals surface area contributed by atoms with E-state index in [0.717, 1.165) is 25.1 Å². The highest BCUT2D eigenvalue weighted by atomic mass is 32.2. The van der Waals surface area contributed by atoms with Crippen LogP contribution in [0.15, 0.2) is 53.4 Å². The van der Waals surface area contributed by atoms with Crippen LogP contribution in [0.3, 0.4) is 0 Å². The van der Waals surface area contributed by atoms with Gasteiger partial charge in [-0.15, -0.1) is 0 Å². The maximum atomic E-state index is 12.7. The molecule has 1 aliphatic rings. The van der Waals surface area contributed by atoms with Gasteiger partial charge in [0, 0.05) is 17.3 Å². The normalized spacial score (nSPS) is 20.1. The molecule has 0 saturated carbocycles. The van der Waals surface area contributed by atoms with Gasteiger partial charge < -0.3 is 10.6 Å². The summed E-state index contributed by atoms with van der Waals surface area (Å²) in [5, 5.41) is 6.32. The fourth-order valence-electron chi connectivity index (χ4n) is 3.12. The molecule has 0 aliphatic carbocycles. The third kappa shape index (κ3) is 4.87. The number of amides is 1. The van der Waals surface area contributed by atoms with E-state index in [2.05, 4.69) is 22.3 Å². The summed E-state index contributed by atoms with van der Waals surface area (Å²) in [7, 11) is -3.77. The van der Waals surface area contributed by atoms with Gasteiger partial charge in [0.15, 0.2) is 0 Å². The van der Waals surface area contributed by atoms with Gasteiger partial charge in [-0.05, 0) is 62.7 Å². The van der Waals surface area contributed by atoms with Crippen LogP contribution in [0.25, 0.3) is 0 Å². The zero-order chi connectivity index (χ0) is 19.4. The average molecular weight is 388 g/mol. The predicted octanol–water partition coefficient (Wildman–Crippen LogP) is 2.52. The van der Waals surface area contributed by atoms with Gasteiger partial charge in [-0.3, -0.25) is 9.52 Å². The first-order valence-electron chi connectivity index (χ1n) is 9.06. The molecule has 2 atom stereocenters. The number of carbonyl (C=O) groups excluding carboxylic acids is 1. The van der Waals surface area contributed by atoms with Gasteiger partial charge in [0.2, 0.25) is 0 Å². The first-order valence-corrected chi connectivity index (χ1v) is 10.5. The zero-order valence-corrected chi connectivity index (χ0v) is 16.3. The van der Waals surface area contributed by atoms with E-state index < -0.39 is 10.0 Å². The first-order chi connectivity index (χ1) is 12.8. The van der Waals surface area contributed by atoms with Crippen molar-refractivity contribution >= 4 is 21.6 Å². The minimum absolute atomic E-state index is 0.0640. The number of hydrogen-bond acceptors (Lipinski definition) is 4. The Labute approximate surface area is 160 Å². The summed E-state index contributed by atoms with van der Waals surface area (Å²) in [6.45, 7) is 5.75. The van der Waals surface area contributed by atoms with Crippen LogP contribution in [0.4, 0.5) is 5.69 Å². The van der Waals surface area contributed by atoms with E-state index in [4.69, 9.17) is 0 Å². The highest BCUT2D eigenvalue weighted by Crippen LogP contribution is 2.18. The molecule has 1 aliphatic heterocycles. The Morgan fingerprint density at radius 2 is 1.89 bits per heavy atom. The lowest BCUT2D eigenvalue weighted by molar-refractivity contribution is 0.0914. The number of rotatable bonds is 5. The van der Waals surface area contributed by atoms with Crippen molar-refractivity contribution in [2.24, 2.45) is 5.92 Å². The highest BCUT2D eigenvalue weighted by Gasteiger charge is 2.24. The zero-order valence-electron chi connectivity index (χ0n) is 15.5. The van der Waals surface area contributed by atoms with Crippen molar-refractivity contribution in [3.05, 3.63) is 59.7 Å². The fraction of sp³-hybridized carbons (Fsp3) is 0.350. The molecule has 3 rings (SSSR count). The van der Waals surface area contributed by atoms with Crippen LogP contribution < -0.4 is 15.4 Å². The molecular weight excluding hydrogens is 362 g/mol. The van der Waals surface area contributed by atoms with Crippen LogP contribution in [0.2, 0.25) is 0 Å². The Balaban J connectivity index is 1.75. The van der Waals surface area contributed by atoms with Crippen LogP contribution in [0.1, 0.15) is 29.3 Å². The molecule has 7 heteroatoms. The largest absolute Gasteiger partial charge is 0.349 e. The van der Waals surface area contributed by atoms with Crippen LogP contribution in [-0.4, -0.2) is 33.5 Å². The summed E-state index contributed by atoms with van der Waals surface area (Å²) in [6, 6.07) is 13.3. The third-order valence-electron chi connectivity index (χ3n) is 4.81. The van der Waals surface area contributed by atoms with Crippen LogP contribution in [0.5, 0.6) is 0 Å². The summed E-state index contributed by atoms with van der Waals surface area (Å²) < 4.78 is 27.9. The topological polar surface area (TPSA) is 87.3 Å². The molecule has 3 N–H and O–H groups in total. The van der Waals surface area contributed by atoms with Gasteiger partial charge in [0.1, 0.15) is 0 Å². The van der Waals surface area contributed by atoms with Gasteiger partial charge in [0.05, 0.1) is 4.90 Å². The molecule has 0 bridgehead atoms. The van der Waals surface area contributed by atoms with E-state index in [1.54, 1.807) is 24.3 Å². The molecule has 1 fully saturated rings. The Hall–Kier alpha value is -2.38. The number of benzene rings is 2. The quantitative estimate of drug-likeness (QED) is 0.736. The molecule has 1 amide bonds. The molecule has 144 valence electrons. The maximum absolute atomic E-state index is 12.7. The number of piperidine rings is 1. The molecule has 6 nitrogen and oxygen atoms in total. The third-order valence-corrected chi connectivity index (χ3v) is 6.19. The Bertz CT molecular complexity index is 910. The minimum Gasteiger partial charge on any atom is -0.349 e. The minimum atomic E-state index is -3.77. The maximum Gasteiger partial charge on any atom is 0.261 e. The lowest BCUT2D eigenvalue weighted by atomic mass is 9.95. The van der Waals surface area contributed by atoms with Gasteiger partial charge in [-0.25, -0.2) is 8.42 Å². The second-order valence-corrected chi connectivity index (χ2v) is 8.73. The van der Waals surface area contributed by atoms with E-state index >= 15 is 0 Å².